The van der Waals surface area contributed by atoms with Crippen LogP contribution in [0, 0.1) is 5.82 Å². The Morgan fingerprint density at radius 3 is 2.54 bits per heavy atom. The van der Waals surface area contributed by atoms with Gasteiger partial charge in [0.1, 0.15) is 5.82 Å². The number of benzene rings is 2. The second-order valence-corrected chi connectivity index (χ2v) is 6.12. The fraction of sp³-hybridized carbons (Fsp3) is 0.250. The second kappa shape index (κ2) is 6.67. The van der Waals surface area contributed by atoms with Crippen LogP contribution in [0.5, 0.6) is 0 Å². The number of aromatic nitrogens is 1. The number of rotatable bonds is 3. The molecule has 0 aliphatic carbocycles. The van der Waals surface area contributed by atoms with Gasteiger partial charge in [0, 0.05) is 30.6 Å². The van der Waals surface area contributed by atoms with Gasteiger partial charge in [0.15, 0.2) is 0 Å². The summed E-state index contributed by atoms with van der Waals surface area (Å²) in [6, 6.07) is 17.1. The molecule has 0 unspecified atom stereocenters. The molecule has 1 aliphatic rings. The van der Waals surface area contributed by atoms with Crippen LogP contribution < -0.4 is 0 Å². The lowest BCUT2D eigenvalue weighted by Crippen LogP contribution is -2.35. The number of hydrogen-bond donors (Lipinski definition) is 0. The zero-order chi connectivity index (χ0) is 16.4. The van der Waals surface area contributed by atoms with Crippen molar-refractivity contribution in [3.63, 3.8) is 0 Å². The van der Waals surface area contributed by atoms with Crippen LogP contribution in [0.2, 0.25) is 0 Å². The summed E-state index contributed by atoms with van der Waals surface area (Å²) in [5, 5.41) is 0.822. The second-order valence-electron chi connectivity index (χ2n) is 6.12. The predicted octanol–water partition coefficient (Wildman–Crippen LogP) is 3.87. The van der Waals surface area contributed by atoms with Crippen molar-refractivity contribution >= 4 is 10.9 Å². The first-order chi connectivity index (χ1) is 11.8. The maximum absolute atomic E-state index is 13.3. The molecule has 2 heterocycles. The Bertz CT molecular complexity index is 842. The molecule has 122 valence electrons. The van der Waals surface area contributed by atoms with Gasteiger partial charge in [-0.2, -0.15) is 0 Å². The maximum atomic E-state index is 13.3. The largest absolute Gasteiger partial charge is 0.379 e. The molecule has 24 heavy (non-hydrogen) atoms. The molecule has 0 radical (unpaired) electrons. The molecular formula is C20H19FN2O. The molecule has 4 heteroatoms. The van der Waals surface area contributed by atoms with Crippen LogP contribution in [0.15, 0.2) is 54.6 Å². The molecule has 2 aromatic carbocycles. The highest BCUT2D eigenvalue weighted by Crippen LogP contribution is 2.22. The number of nitrogens with zero attached hydrogens (tertiary/aromatic N) is 2. The zero-order valence-electron chi connectivity index (χ0n) is 13.4. The normalized spacial score (nSPS) is 15.7. The minimum Gasteiger partial charge on any atom is -0.379 e. The molecule has 1 aliphatic heterocycles. The molecule has 0 saturated carbocycles. The minimum atomic E-state index is -0.232. The number of hydrogen-bond acceptors (Lipinski definition) is 3. The van der Waals surface area contributed by atoms with Crippen molar-refractivity contribution in [3.8, 4) is 11.3 Å². The molecule has 1 aromatic heterocycles. The van der Waals surface area contributed by atoms with Crippen LogP contribution in [0.1, 0.15) is 5.56 Å². The molecule has 0 N–H and O–H groups in total. The fourth-order valence-electron chi connectivity index (χ4n) is 3.06. The van der Waals surface area contributed by atoms with E-state index in [1.165, 1.54) is 17.7 Å². The van der Waals surface area contributed by atoms with Crippen LogP contribution >= 0.6 is 0 Å². The summed E-state index contributed by atoms with van der Waals surface area (Å²) >= 11 is 0. The Morgan fingerprint density at radius 1 is 0.958 bits per heavy atom. The van der Waals surface area contributed by atoms with Crippen LogP contribution in [-0.4, -0.2) is 36.2 Å². The van der Waals surface area contributed by atoms with Gasteiger partial charge in [0.25, 0.3) is 0 Å². The molecule has 3 nitrogen and oxygen atoms in total. The Kier molecular flexibility index (Phi) is 4.24. The molecule has 1 saturated heterocycles. The van der Waals surface area contributed by atoms with Crippen molar-refractivity contribution in [1.29, 1.82) is 0 Å². The van der Waals surface area contributed by atoms with Crippen molar-refractivity contribution in [2.75, 3.05) is 26.3 Å². The summed E-state index contributed by atoms with van der Waals surface area (Å²) in [4.78, 5) is 7.04. The Morgan fingerprint density at radius 2 is 1.75 bits per heavy atom. The predicted molar refractivity (Wildman–Crippen MR) is 93.2 cm³/mol. The monoisotopic (exact) mass is 322 g/mol. The highest BCUT2D eigenvalue weighted by molar-refractivity contribution is 5.81. The van der Waals surface area contributed by atoms with E-state index in [0.717, 1.165) is 55.0 Å². The van der Waals surface area contributed by atoms with Crippen molar-refractivity contribution in [1.82, 2.24) is 9.88 Å². The fourth-order valence-corrected chi connectivity index (χ4v) is 3.06. The first kappa shape index (κ1) is 15.2. The first-order valence-electron chi connectivity index (χ1n) is 8.24. The number of halogens is 1. The van der Waals surface area contributed by atoms with Gasteiger partial charge < -0.3 is 4.74 Å². The quantitative estimate of drug-likeness (QED) is 0.732. The smallest absolute Gasteiger partial charge is 0.123 e. The third kappa shape index (κ3) is 3.30. The van der Waals surface area contributed by atoms with Crippen molar-refractivity contribution < 1.29 is 9.13 Å². The summed E-state index contributed by atoms with van der Waals surface area (Å²) < 4.78 is 18.6. The lowest BCUT2D eigenvalue weighted by Gasteiger charge is -2.26. The summed E-state index contributed by atoms with van der Waals surface area (Å²) in [6.07, 6.45) is 0. The first-order valence-corrected chi connectivity index (χ1v) is 8.24. The van der Waals surface area contributed by atoms with Crippen LogP contribution in [0.25, 0.3) is 22.2 Å². The van der Waals surface area contributed by atoms with E-state index < -0.39 is 0 Å². The molecule has 0 atom stereocenters. The summed E-state index contributed by atoms with van der Waals surface area (Å²) in [5.74, 6) is -0.232. The van der Waals surface area contributed by atoms with Gasteiger partial charge in [-0.25, -0.2) is 9.37 Å². The van der Waals surface area contributed by atoms with E-state index >= 15 is 0 Å². The SMILES string of the molecule is Fc1ccc2nc(-c3ccc(CN4CCOCC4)cc3)ccc2c1. The lowest BCUT2D eigenvalue weighted by atomic mass is 10.1. The molecule has 3 aromatic rings. The molecule has 1 fully saturated rings. The third-order valence-electron chi connectivity index (χ3n) is 4.41. The van der Waals surface area contributed by atoms with E-state index in [1.807, 2.05) is 12.1 Å². The average molecular weight is 322 g/mol. The van der Waals surface area contributed by atoms with Gasteiger partial charge in [0.05, 0.1) is 24.4 Å². The standard InChI is InChI=1S/C20H19FN2O/c21-18-6-8-20-17(13-18)5-7-19(22-20)16-3-1-15(2-4-16)14-23-9-11-24-12-10-23/h1-8,13H,9-12,14H2. The van der Waals surface area contributed by atoms with Crippen LogP contribution in [0.3, 0.4) is 0 Å². The van der Waals surface area contributed by atoms with E-state index in [9.17, 15) is 4.39 Å². The topological polar surface area (TPSA) is 25.4 Å². The van der Waals surface area contributed by atoms with Gasteiger partial charge in [-0.15, -0.1) is 0 Å². The maximum Gasteiger partial charge on any atom is 0.123 e. The summed E-state index contributed by atoms with van der Waals surface area (Å²) in [7, 11) is 0. The van der Waals surface area contributed by atoms with Crippen LogP contribution in [-0.2, 0) is 11.3 Å². The number of morpholine rings is 1. The van der Waals surface area contributed by atoms with Crippen molar-refractivity contribution in [3.05, 3.63) is 66.0 Å². The molecule has 0 bridgehead atoms. The zero-order valence-corrected chi connectivity index (χ0v) is 13.4. The molecular weight excluding hydrogens is 303 g/mol. The highest BCUT2D eigenvalue weighted by atomic mass is 19.1. The van der Waals surface area contributed by atoms with Gasteiger partial charge in [-0.3, -0.25) is 4.90 Å². The van der Waals surface area contributed by atoms with E-state index in [2.05, 4.69) is 34.1 Å². The number of ether oxygens (including phenoxy) is 1. The molecule has 4 rings (SSSR count). The molecule has 0 spiro atoms. The Hall–Kier alpha value is -2.30. The highest BCUT2D eigenvalue weighted by Gasteiger charge is 2.10. The summed E-state index contributed by atoms with van der Waals surface area (Å²) in [6.45, 7) is 4.57. The average Bonchev–Trinajstić information content (AvgIpc) is 2.63. The van der Waals surface area contributed by atoms with Gasteiger partial charge in [0.2, 0.25) is 0 Å². The lowest BCUT2D eigenvalue weighted by molar-refractivity contribution is 0.0342. The Labute approximate surface area is 140 Å². The minimum absolute atomic E-state index is 0.232. The van der Waals surface area contributed by atoms with Crippen LogP contribution in [0.4, 0.5) is 4.39 Å². The number of pyridine rings is 1. The third-order valence-corrected chi connectivity index (χ3v) is 4.41. The van der Waals surface area contributed by atoms with Gasteiger partial charge in [-0.1, -0.05) is 30.3 Å². The molecule has 0 amide bonds. The van der Waals surface area contributed by atoms with Gasteiger partial charge >= 0.3 is 0 Å². The Balaban J connectivity index is 1.54. The van der Waals surface area contributed by atoms with E-state index in [0.29, 0.717) is 0 Å². The number of fused-ring (bicyclic) bond motifs is 1. The van der Waals surface area contributed by atoms with E-state index in [-0.39, 0.29) is 5.82 Å². The van der Waals surface area contributed by atoms with Gasteiger partial charge in [-0.05, 0) is 29.8 Å². The van der Waals surface area contributed by atoms with E-state index in [4.69, 9.17) is 4.74 Å². The summed E-state index contributed by atoms with van der Waals surface area (Å²) in [5.41, 5.74) is 4.09. The van der Waals surface area contributed by atoms with Crippen molar-refractivity contribution in [2.24, 2.45) is 0 Å². The van der Waals surface area contributed by atoms with Crippen molar-refractivity contribution in [2.45, 2.75) is 6.54 Å². The van der Waals surface area contributed by atoms with E-state index in [1.54, 1.807) is 6.07 Å².